The molecule has 0 aliphatic carbocycles. The molecule has 6 rings (SSSR count). The van der Waals surface area contributed by atoms with Gasteiger partial charge in [0.2, 0.25) is 5.91 Å². The highest BCUT2D eigenvalue weighted by atomic mass is 32.1. The van der Waals surface area contributed by atoms with Crippen LogP contribution in [0.4, 0.5) is 5.69 Å². The van der Waals surface area contributed by atoms with Crippen molar-refractivity contribution < 1.29 is 4.79 Å². The molecule has 36 heavy (non-hydrogen) atoms. The molecule has 9 heteroatoms. The Morgan fingerprint density at radius 3 is 2.61 bits per heavy atom. The van der Waals surface area contributed by atoms with Crippen LogP contribution in [-0.2, 0) is 4.79 Å². The predicted octanol–water partition coefficient (Wildman–Crippen LogP) is 6.28. The number of aromatic amines is 2. The summed E-state index contributed by atoms with van der Waals surface area (Å²) in [6.45, 7) is 5.63. The first kappa shape index (κ1) is 22.1. The van der Waals surface area contributed by atoms with Crippen molar-refractivity contribution in [3.05, 3.63) is 66.7 Å². The third-order valence-electron chi connectivity index (χ3n) is 6.02. The Balaban J connectivity index is 1.40. The predicted molar refractivity (Wildman–Crippen MR) is 144 cm³/mol. The average Bonchev–Trinajstić information content (AvgIpc) is 3.62. The molecule has 0 radical (unpaired) electrons. The maximum absolute atomic E-state index is 12.4. The minimum absolute atomic E-state index is 0.0673. The van der Waals surface area contributed by atoms with Crippen molar-refractivity contribution in [3.63, 3.8) is 0 Å². The van der Waals surface area contributed by atoms with Crippen LogP contribution in [0, 0.1) is 5.41 Å². The van der Waals surface area contributed by atoms with Gasteiger partial charge in [-0.25, -0.2) is 4.98 Å². The van der Waals surface area contributed by atoms with Gasteiger partial charge >= 0.3 is 0 Å². The normalized spacial score (nSPS) is 11.9. The summed E-state index contributed by atoms with van der Waals surface area (Å²) in [6.07, 6.45) is 8.91. The van der Waals surface area contributed by atoms with Crippen LogP contribution in [0.15, 0.2) is 66.7 Å². The monoisotopic (exact) mass is 493 g/mol. The average molecular weight is 494 g/mol. The van der Waals surface area contributed by atoms with Gasteiger partial charge in [-0.2, -0.15) is 5.10 Å². The first-order valence-electron chi connectivity index (χ1n) is 11.5. The molecule has 3 N–H and O–H groups in total. The number of amides is 1. The fourth-order valence-electron chi connectivity index (χ4n) is 4.06. The number of pyridine rings is 3. The number of hydrogen-bond acceptors (Lipinski definition) is 6. The van der Waals surface area contributed by atoms with Gasteiger partial charge in [0.05, 0.1) is 35.0 Å². The summed E-state index contributed by atoms with van der Waals surface area (Å²) in [5.41, 5.74) is 6.28. The largest absolute Gasteiger partial charge is 0.352 e. The lowest BCUT2D eigenvalue weighted by molar-refractivity contribution is -0.123. The first-order valence-corrected chi connectivity index (χ1v) is 12.4. The molecule has 0 bridgehead atoms. The van der Waals surface area contributed by atoms with E-state index < -0.39 is 5.41 Å². The van der Waals surface area contributed by atoms with Crippen LogP contribution >= 0.6 is 11.3 Å². The van der Waals surface area contributed by atoms with Gasteiger partial charge < -0.3 is 10.3 Å². The summed E-state index contributed by atoms with van der Waals surface area (Å²) < 4.78 is 0. The molecule has 6 aromatic heterocycles. The molecule has 0 saturated carbocycles. The lowest BCUT2D eigenvalue weighted by Crippen LogP contribution is -2.27. The molecule has 0 spiro atoms. The van der Waals surface area contributed by atoms with Gasteiger partial charge in [0.25, 0.3) is 0 Å². The van der Waals surface area contributed by atoms with Gasteiger partial charge in [-0.05, 0) is 29.6 Å². The van der Waals surface area contributed by atoms with E-state index in [9.17, 15) is 4.79 Å². The number of carbonyl (C=O) groups is 1. The molecule has 0 aliphatic rings. The number of rotatable bonds is 4. The first-order chi connectivity index (χ1) is 17.4. The van der Waals surface area contributed by atoms with Gasteiger partial charge in [-0.3, -0.25) is 19.9 Å². The molecular weight excluding hydrogens is 470 g/mol. The zero-order valence-electron chi connectivity index (χ0n) is 20.0. The van der Waals surface area contributed by atoms with E-state index >= 15 is 0 Å². The summed E-state index contributed by atoms with van der Waals surface area (Å²) in [5, 5.41) is 14.5. The minimum atomic E-state index is -0.499. The quantitative estimate of drug-likeness (QED) is 0.268. The van der Waals surface area contributed by atoms with Gasteiger partial charge in [0, 0.05) is 56.3 Å². The van der Waals surface area contributed by atoms with Crippen molar-refractivity contribution in [2.45, 2.75) is 20.8 Å². The Kier molecular flexibility index (Phi) is 5.15. The fraction of sp³-hybridized carbons (Fsp3) is 0.148. The van der Waals surface area contributed by atoms with E-state index in [1.165, 1.54) is 4.88 Å². The number of fused-ring (bicyclic) bond motifs is 2. The molecule has 0 fully saturated rings. The van der Waals surface area contributed by atoms with Crippen molar-refractivity contribution in [3.8, 4) is 33.0 Å². The third-order valence-corrected chi connectivity index (χ3v) is 6.92. The molecule has 0 atom stereocenters. The molecule has 0 saturated heterocycles. The molecule has 6 heterocycles. The Hall–Kier alpha value is -4.37. The van der Waals surface area contributed by atoms with Crippen LogP contribution in [0.25, 0.3) is 54.9 Å². The second-order valence-electron chi connectivity index (χ2n) is 9.67. The third kappa shape index (κ3) is 3.93. The lowest BCUT2D eigenvalue weighted by Gasteiger charge is -2.17. The van der Waals surface area contributed by atoms with E-state index in [2.05, 4.69) is 53.0 Å². The summed E-state index contributed by atoms with van der Waals surface area (Å²) >= 11 is 1.69. The highest BCUT2D eigenvalue weighted by Crippen LogP contribution is 2.35. The number of carbonyl (C=O) groups excluding carboxylic acids is 1. The highest BCUT2D eigenvalue weighted by molar-refractivity contribution is 7.13. The topological polar surface area (TPSA) is 112 Å². The molecule has 178 valence electrons. The number of anilines is 1. The van der Waals surface area contributed by atoms with Crippen LogP contribution < -0.4 is 5.32 Å². The summed E-state index contributed by atoms with van der Waals surface area (Å²) in [7, 11) is 0. The maximum atomic E-state index is 12.4. The van der Waals surface area contributed by atoms with E-state index in [-0.39, 0.29) is 5.91 Å². The summed E-state index contributed by atoms with van der Waals surface area (Å²) in [4.78, 5) is 30.4. The maximum Gasteiger partial charge on any atom is 0.229 e. The van der Waals surface area contributed by atoms with Crippen LogP contribution in [0.2, 0.25) is 0 Å². The number of H-pyrrole nitrogens is 2. The van der Waals surface area contributed by atoms with Crippen molar-refractivity contribution in [1.29, 1.82) is 0 Å². The van der Waals surface area contributed by atoms with E-state index in [0.717, 1.165) is 44.4 Å². The molecule has 0 aliphatic heterocycles. The number of aromatic nitrogens is 6. The van der Waals surface area contributed by atoms with Crippen molar-refractivity contribution in [2.75, 3.05) is 5.32 Å². The van der Waals surface area contributed by atoms with Gasteiger partial charge in [0.1, 0.15) is 0 Å². The zero-order valence-corrected chi connectivity index (χ0v) is 20.8. The van der Waals surface area contributed by atoms with Crippen molar-refractivity contribution in [2.24, 2.45) is 5.41 Å². The second-order valence-corrected chi connectivity index (χ2v) is 10.6. The van der Waals surface area contributed by atoms with E-state index in [4.69, 9.17) is 0 Å². The van der Waals surface area contributed by atoms with Gasteiger partial charge in [-0.1, -0.05) is 26.8 Å². The smallest absolute Gasteiger partial charge is 0.229 e. The Morgan fingerprint density at radius 2 is 1.81 bits per heavy atom. The lowest BCUT2D eigenvalue weighted by atomic mass is 9.95. The van der Waals surface area contributed by atoms with E-state index in [1.54, 1.807) is 29.9 Å². The van der Waals surface area contributed by atoms with Gasteiger partial charge in [0.15, 0.2) is 5.65 Å². The van der Waals surface area contributed by atoms with E-state index in [1.807, 2.05) is 51.4 Å². The summed E-state index contributed by atoms with van der Waals surface area (Å²) in [6, 6.07) is 10.2. The van der Waals surface area contributed by atoms with Gasteiger partial charge in [-0.15, -0.1) is 11.3 Å². The number of hydrogen-bond donors (Lipinski definition) is 3. The van der Waals surface area contributed by atoms with Crippen LogP contribution in [0.3, 0.4) is 0 Å². The highest BCUT2D eigenvalue weighted by Gasteiger charge is 2.21. The molecule has 1 amide bonds. The Bertz CT molecular complexity index is 1720. The fourth-order valence-corrected chi connectivity index (χ4v) is 4.81. The second kappa shape index (κ2) is 8.39. The van der Waals surface area contributed by atoms with Crippen LogP contribution in [0.5, 0.6) is 0 Å². The Morgan fingerprint density at radius 1 is 0.972 bits per heavy atom. The standard InChI is InChI=1S/C27H23N7OS/c1-27(2,3)26(35)31-17-7-15(10-28-12-17)16-8-19-24(33-34-25(19)30-11-16)21-9-18-20(23-5-4-6-36-23)13-29-14-22(18)32-21/h4-14,32H,1-3H3,(H,31,35)(H,30,33,34). The molecule has 0 unspecified atom stereocenters. The Labute approximate surface area is 210 Å². The number of thiophene rings is 1. The van der Waals surface area contributed by atoms with Crippen molar-refractivity contribution in [1.82, 2.24) is 30.1 Å². The summed E-state index contributed by atoms with van der Waals surface area (Å²) in [5.74, 6) is -0.0673. The molecule has 8 nitrogen and oxygen atoms in total. The van der Waals surface area contributed by atoms with E-state index in [0.29, 0.717) is 11.3 Å². The SMILES string of the molecule is CC(C)(C)C(=O)Nc1cncc(-c2cnc3n[nH]c(-c4cc5c(-c6cccs6)cncc5[nH]4)c3c2)c1. The molecule has 6 aromatic rings. The number of nitrogens with one attached hydrogen (secondary N) is 3. The van der Waals surface area contributed by atoms with Crippen LogP contribution in [-0.4, -0.2) is 36.0 Å². The molecule has 0 aromatic carbocycles. The van der Waals surface area contributed by atoms with Crippen LogP contribution in [0.1, 0.15) is 20.8 Å². The minimum Gasteiger partial charge on any atom is -0.352 e. The van der Waals surface area contributed by atoms with Crippen molar-refractivity contribution >= 4 is 44.9 Å². The molecular formula is C27H23N7OS. The zero-order chi connectivity index (χ0) is 24.9. The number of nitrogens with zero attached hydrogens (tertiary/aromatic N) is 4.